The summed E-state index contributed by atoms with van der Waals surface area (Å²) in [7, 11) is 0. The first-order chi connectivity index (χ1) is 11.3. The van der Waals surface area contributed by atoms with Gasteiger partial charge >= 0.3 is 0 Å². The summed E-state index contributed by atoms with van der Waals surface area (Å²) in [6.07, 6.45) is 6.55. The van der Waals surface area contributed by atoms with Crippen molar-refractivity contribution in [2.75, 3.05) is 17.8 Å². The molecule has 116 valence electrons. The van der Waals surface area contributed by atoms with Gasteiger partial charge in [-0.25, -0.2) is 15.0 Å². The van der Waals surface area contributed by atoms with Crippen molar-refractivity contribution in [1.29, 1.82) is 0 Å². The zero-order valence-corrected chi connectivity index (χ0v) is 12.1. The van der Waals surface area contributed by atoms with Crippen molar-refractivity contribution in [1.82, 2.24) is 19.5 Å². The molecule has 1 aromatic carbocycles. The van der Waals surface area contributed by atoms with Gasteiger partial charge in [0, 0.05) is 18.9 Å². The Morgan fingerprint density at radius 3 is 3.00 bits per heavy atom. The van der Waals surface area contributed by atoms with Gasteiger partial charge in [-0.3, -0.25) is 4.57 Å². The first kappa shape index (κ1) is 13.4. The lowest BCUT2D eigenvalue weighted by Crippen LogP contribution is -2.09. The fourth-order valence-corrected chi connectivity index (χ4v) is 2.35. The van der Waals surface area contributed by atoms with Crippen LogP contribution in [0.5, 0.6) is 11.5 Å². The van der Waals surface area contributed by atoms with E-state index in [4.69, 9.17) is 15.2 Å². The Kier molecular flexibility index (Phi) is 3.19. The number of hydrogen-bond donors (Lipinski definition) is 2. The largest absolute Gasteiger partial charge is 0.454 e. The molecule has 0 saturated heterocycles. The maximum atomic E-state index is 6.15. The molecule has 3 heterocycles. The van der Waals surface area contributed by atoms with E-state index in [1.807, 2.05) is 18.2 Å². The molecule has 0 aliphatic carbocycles. The number of aromatic nitrogens is 4. The molecule has 0 saturated carbocycles. The minimum Gasteiger partial charge on any atom is -0.454 e. The molecule has 8 heteroatoms. The smallest absolute Gasteiger partial charge is 0.231 e. The number of imidazole rings is 1. The van der Waals surface area contributed by atoms with E-state index in [1.54, 1.807) is 23.3 Å². The van der Waals surface area contributed by atoms with Crippen molar-refractivity contribution in [3.8, 4) is 17.3 Å². The van der Waals surface area contributed by atoms with E-state index < -0.39 is 0 Å². The number of nitrogen functional groups attached to an aromatic ring is 1. The highest BCUT2D eigenvalue weighted by atomic mass is 16.7. The number of ether oxygens (including phenoxy) is 2. The summed E-state index contributed by atoms with van der Waals surface area (Å²) in [6, 6.07) is 5.79. The standard InChI is InChI=1S/C15H14N6O2/c16-13-14(19-7-20-15(13)21-4-3-17-8-21)18-6-10-1-2-11-12(5-10)23-9-22-11/h1-5,7-8H,6,9,16H2,(H,18,19,20). The minimum absolute atomic E-state index is 0.263. The van der Waals surface area contributed by atoms with Gasteiger partial charge in [-0.1, -0.05) is 6.07 Å². The first-order valence-corrected chi connectivity index (χ1v) is 7.02. The van der Waals surface area contributed by atoms with Gasteiger partial charge in [0.1, 0.15) is 18.3 Å². The van der Waals surface area contributed by atoms with Gasteiger partial charge in [-0.15, -0.1) is 0 Å². The number of hydrogen-bond acceptors (Lipinski definition) is 7. The first-order valence-electron chi connectivity index (χ1n) is 7.02. The molecule has 0 bridgehead atoms. The quantitative estimate of drug-likeness (QED) is 0.754. The van der Waals surface area contributed by atoms with Gasteiger partial charge in [0.2, 0.25) is 6.79 Å². The molecule has 1 aliphatic rings. The lowest BCUT2D eigenvalue weighted by atomic mass is 10.2. The van der Waals surface area contributed by atoms with Crippen LogP contribution in [0.1, 0.15) is 5.56 Å². The zero-order chi connectivity index (χ0) is 15.6. The highest BCUT2D eigenvalue weighted by Crippen LogP contribution is 2.32. The third kappa shape index (κ3) is 2.50. The van der Waals surface area contributed by atoms with Crippen LogP contribution < -0.4 is 20.5 Å². The molecule has 23 heavy (non-hydrogen) atoms. The molecule has 0 spiro atoms. The van der Waals surface area contributed by atoms with Crippen molar-refractivity contribution in [3.63, 3.8) is 0 Å². The van der Waals surface area contributed by atoms with E-state index >= 15 is 0 Å². The summed E-state index contributed by atoms with van der Waals surface area (Å²) in [5, 5.41) is 3.22. The second kappa shape index (κ2) is 5.48. The molecule has 0 fully saturated rings. The van der Waals surface area contributed by atoms with Gasteiger partial charge in [-0.2, -0.15) is 0 Å². The summed E-state index contributed by atoms with van der Waals surface area (Å²) in [5.41, 5.74) is 7.65. The maximum Gasteiger partial charge on any atom is 0.231 e. The molecule has 0 atom stereocenters. The van der Waals surface area contributed by atoms with Gasteiger partial charge in [0.25, 0.3) is 0 Å². The predicted molar refractivity (Wildman–Crippen MR) is 83.5 cm³/mol. The van der Waals surface area contributed by atoms with Crippen LogP contribution in [0.25, 0.3) is 5.82 Å². The van der Waals surface area contributed by atoms with Crippen LogP contribution in [0.15, 0.2) is 43.2 Å². The van der Waals surface area contributed by atoms with E-state index in [9.17, 15) is 0 Å². The number of anilines is 2. The number of benzene rings is 1. The van der Waals surface area contributed by atoms with Crippen molar-refractivity contribution in [2.24, 2.45) is 0 Å². The van der Waals surface area contributed by atoms with Crippen molar-refractivity contribution < 1.29 is 9.47 Å². The zero-order valence-electron chi connectivity index (χ0n) is 12.1. The number of nitrogens with zero attached hydrogens (tertiary/aromatic N) is 4. The molecule has 0 amide bonds. The number of rotatable bonds is 4. The van der Waals surface area contributed by atoms with Crippen LogP contribution in [-0.2, 0) is 6.54 Å². The molecule has 8 nitrogen and oxygen atoms in total. The Morgan fingerprint density at radius 1 is 1.22 bits per heavy atom. The SMILES string of the molecule is Nc1c(NCc2ccc3c(c2)OCO3)ncnc1-n1ccnc1. The Bertz CT molecular complexity index is 834. The topological polar surface area (TPSA) is 100 Å². The Labute approximate surface area is 131 Å². The number of fused-ring (bicyclic) bond motifs is 1. The van der Waals surface area contributed by atoms with E-state index in [0.29, 0.717) is 23.9 Å². The van der Waals surface area contributed by atoms with E-state index in [-0.39, 0.29) is 6.79 Å². The molecule has 0 unspecified atom stereocenters. The molecule has 1 aliphatic heterocycles. The maximum absolute atomic E-state index is 6.15. The van der Waals surface area contributed by atoms with E-state index in [2.05, 4.69) is 20.3 Å². The van der Waals surface area contributed by atoms with Gasteiger partial charge in [-0.05, 0) is 17.7 Å². The highest BCUT2D eigenvalue weighted by Gasteiger charge is 2.14. The second-order valence-electron chi connectivity index (χ2n) is 4.97. The molecule has 3 N–H and O–H groups in total. The second-order valence-corrected chi connectivity index (χ2v) is 4.97. The Balaban J connectivity index is 1.54. The average molecular weight is 310 g/mol. The fraction of sp³-hybridized carbons (Fsp3) is 0.133. The normalized spacial score (nSPS) is 12.3. The molecule has 2 aromatic heterocycles. The lowest BCUT2D eigenvalue weighted by Gasteiger charge is -2.11. The van der Waals surface area contributed by atoms with Gasteiger partial charge in [0.05, 0.1) is 0 Å². The summed E-state index contributed by atoms with van der Waals surface area (Å²) >= 11 is 0. The molecular weight excluding hydrogens is 296 g/mol. The van der Waals surface area contributed by atoms with Crippen LogP contribution in [0.2, 0.25) is 0 Å². The molecule has 4 rings (SSSR count). The van der Waals surface area contributed by atoms with Crippen molar-refractivity contribution in [3.05, 3.63) is 48.8 Å². The Hall–Kier alpha value is -3.29. The van der Waals surface area contributed by atoms with Crippen LogP contribution in [0.3, 0.4) is 0 Å². The fourth-order valence-electron chi connectivity index (χ4n) is 2.35. The predicted octanol–water partition coefficient (Wildman–Crippen LogP) is 1.59. The van der Waals surface area contributed by atoms with E-state index in [0.717, 1.165) is 17.1 Å². The Morgan fingerprint density at radius 2 is 2.13 bits per heavy atom. The number of nitrogens with one attached hydrogen (secondary N) is 1. The van der Waals surface area contributed by atoms with Crippen LogP contribution in [0, 0.1) is 0 Å². The monoisotopic (exact) mass is 310 g/mol. The van der Waals surface area contributed by atoms with Crippen LogP contribution in [0.4, 0.5) is 11.5 Å². The highest BCUT2D eigenvalue weighted by molar-refractivity contribution is 5.69. The van der Waals surface area contributed by atoms with E-state index in [1.165, 1.54) is 6.33 Å². The summed E-state index contributed by atoms with van der Waals surface area (Å²) in [4.78, 5) is 12.4. The van der Waals surface area contributed by atoms with Crippen LogP contribution in [-0.4, -0.2) is 26.3 Å². The third-order valence-electron chi connectivity index (χ3n) is 3.51. The summed E-state index contributed by atoms with van der Waals surface area (Å²) < 4.78 is 12.4. The summed E-state index contributed by atoms with van der Waals surface area (Å²) in [6.45, 7) is 0.820. The molecular formula is C15H14N6O2. The average Bonchev–Trinajstić information content (AvgIpc) is 3.25. The van der Waals surface area contributed by atoms with Crippen molar-refractivity contribution in [2.45, 2.75) is 6.54 Å². The third-order valence-corrected chi connectivity index (χ3v) is 3.51. The molecule has 3 aromatic rings. The molecule has 0 radical (unpaired) electrons. The van der Waals surface area contributed by atoms with Crippen molar-refractivity contribution >= 4 is 11.5 Å². The van der Waals surface area contributed by atoms with Gasteiger partial charge in [0.15, 0.2) is 23.1 Å². The van der Waals surface area contributed by atoms with Gasteiger partial charge < -0.3 is 20.5 Å². The summed E-state index contributed by atoms with van der Waals surface area (Å²) in [5.74, 6) is 2.67. The van der Waals surface area contributed by atoms with Crippen LogP contribution >= 0.6 is 0 Å². The minimum atomic E-state index is 0.263. The lowest BCUT2D eigenvalue weighted by molar-refractivity contribution is 0.174. The number of nitrogens with two attached hydrogens (primary N) is 1.